The van der Waals surface area contributed by atoms with Crippen molar-refractivity contribution in [3.63, 3.8) is 0 Å². The molecule has 0 saturated heterocycles. The lowest BCUT2D eigenvalue weighted by atomic mass is 10.1. The van der Waals surface area contributed by atoms with Crippen LogP contribution in [-0.2, 0) is 5.75 Å². The minimum atomic E-state index is -0.198. The average Bonchev–Trinajstić information content (AvgIpc) is 2.46. The molecule has 20 heavy (non-hydrogen) atoms. The van der Waals surface area contributed by atoms with Crippen LogP contribution in [0.25, 0.3) is 11.3 Å². The highest BCUT2D eigenvalue weighted by atomic mass is 32.1. The zero-order valence-electron chi connectivity index (χ0n) is 11.6. The van der Waals surface area contributed by atoms with Crippen molar-refractivity contribution in [3.8, 4) is 17.0 Å². The van der Waals surface area contributed by atoms with Gasteiger partial charge in [-0.05, 0) is 24.1 Å². The molecule has 5 heteroatoms. The first-order valence-corrected chi connectivity index (χ1v) is 7.16. The highest BCUT2D eigenvalue weighted by Gasteiger charge is 2.06. The molecule has 0 radical (unpaired) electrons. The number of aromatic nitrogens is 2. The normalized spacial score (nSPS) is 10.8. The van der Waals surface area contributed by atoms with Gasteiger partial charge in [-0.15, -0.1) is 0 Å². The molecule has 0 bridgehead atoms. The number of aromatic amines is 1. The lowest BCUT2D eigenvalue weighted by Gasteiger charge is -2.10. The van der Waals surface area contributed by atoms with Crippen LogP contribution < -0.4 is 10.3 Å². The summed E-state index contributed by atoms with van der Waals surface area (Å²) >= 11 is 4.14. The number of thiol groups is 1. The van der Waals surface area contributed by atoms with Gasteiger partial charge >= 0.3 is 0 Å². The predicted molar refractivity (Wildman–Crippen MR) is 83.3 cm³/mol. The number of H-pyrrole nitrogens is 1. The highest BCUT2D eigenvalue weighted by Crippen LogP contribution is 2.22. The van der Waals surface area contributed by atoms with E-state index in [0.717, 1.165) is 11.3 Å². The summed E-state index contributed by atoms with van der Waals surface area (Å²) in [6.07, 6.45) is 0. The monoisotopic (exact) mass is 290 g/mol. The number of hydrogen-bond donors (Lipinski definition) is 2. The second kappa shape index (κ2) is 6.61. The van der Waals surface area contributed by atoms with E-state index in [1.54, 1.807) is 6.07 Å². The minimum absolute atomic E-state index is 0.198. The van der Waals surface area contributed by atoms with E-state index in [4.69, 9.17) is 4.74 Å². The van der Waals surface area contributed by atoms with Gasteiger partial charge in [0.2, 0.25) is 0 Å². The van der Waals surface area contributed by atoms with Crippen molar-refractivity contribution in [3.05, 3.63) is 46.2 Å². The summed E-state index contributed by atoms with van der Waals surface area (Å²) in [5, 5.41) is 6.56. The molecule has 0 aliphatic heterocycles. The van der Waals surface area contributed by atoms with Crippen LogP contribution in [0.3, 0.4) is 0 Å². The molecule has 0 atom stereocenters. The molecule has 0 amide bonds. The maximum Gasteiger partial charge on any atom is 0.268 e. The Labute approximate surface area is 123 Å². The van der Waals surface area contributed by atoms with Crippen LogP contribution >= 0.6 is 12.6 Å². The Morgan fingerprint density at radius 3 is 2.85 bits per heavy atom. The molecule has 0 aliphatic carbocycles. The Kier molecular flexibility index (Phi) is 4.84. The fraction of sp³-hybridized carbons (Fsp3) is 0.333. The van der Waals surface area contributed by atoms with Crippen molar-refractivity contribution in [2.24, 2.45) is 5.92 Å². The third-order valence-electron chi connectivity index (χ3n) is 2.76. The second-order valence-electron chi connectivity index (χ2n) is 5.00. The molecule has 1 aromatic heterocycles. The van der Waals surface area contributed by atoms with Gasteiger partial charge in [-0.1, -0.05) is 26.0 Å². The van der Waals surface area contributed by atoms with Crippen molar-refractivity contribution >= 4 is 12.6 Å². The van der Waals surface area contributed by atoms with Crippen LogP contribution in [0.4, 0.5) is 0 Å². The van der Waals surface area contributed by atoms with E-state index in [0.29, 0.717) is 29.5 Å². The van der Waals surface area contributed by atoms with Crippen molar-refractivity contribution in [1.29, 1.82) is 0 Å². The molecule has 1 aromatic carbocycles. The molecular weight excluding hydrogens is 272 g/mol. The fourth-order valence-electron chi connectivity index (χ4n) is 1.72. The summed E-state index contributed by atoms with van der Waals surface area (Å²) in [5.74, 6) is 1.66. The molecule has 0 unspecified atom stereocenters. The zero-order valence-corrected chi connectivity index (χ0v) is 12.5. The van der Waals surface area contributed by atoms with Crippen molar-refractivity contribution in [2.45, 2.75) is 19.6 Å². The van der Waals surface area contributed by atoms with Crippen LogP contribution in [0.5, 0.6) is 5.75 Å². The Bertz CT molecular complexity index is 638. The second-order valence-corrected chi connectivity index (χ2v) is 5.31. The van der Waals surface area contributed by atoms with Crippen molar-refractivity contribution < 1.29 is 4.74 Å². The first kappa shape index (κ1) is 14.7. The van der Waals surface area contributed by atoms with Crippen LogP contribution in [-0.4, -0.2) is 16.8 Å². The van der Waals surface area contributed by atoms with Gasteiger partial charge in [0, 0.05) is 16.9 Å². The molecule has 4 nitrogen and oxygen atoms in total. The fourth-order valence-corrected chi connectivity index (χ4v) is 1.95. The largest absolute Gasteiger partial charge is 0.493 e. The number of benzene rings is 1. The number of rotatable bonds is 5. The van der Waals surface area contributed by atoms with Crippen LogP contribution in [0, 0.1) is 5.92 Å². The molecule has 0 spiro atoms. The van der Waals surface area contributed by atoms with Gasteiger partial charge in [-0.2, -0.15) is 17.7 Å². The van der Waals surface area contributed by atoms with Crippen LogP contribution in [0.15, 0.2) is 35.1 Å². The van der Waals surface area contributed by atoms with Crippen LogP contribution in [0.1, 0.15) is 19.4 Å². The number of nitrogens with zero attached hydrogens (tertiary/aromatic N) is 1. The smallest absolute Gasteiger partial charge is 0.268 e. The van der Waals surface area contributed by atoms with Gasteiger partial charge in [-0.25, -0.2) is 5.10 Å². The van der Waals surface area contributed by atoms with E-state index in [1.165, 1.54) is 0 Å². The molecule has 0 aliphatic rings. The molecular formula is C15H18N2O2S. The van der Waals surface area contributed by atoms with Crippen molar-refractivity contribution in [2.75, 3.05) is 6.61 Å². The molecule has 1 N–H and O–H groups in total. The summed E-state index contributed by atoms with van der Waals surface area (Å²) in [6, 6.07) is 9.44. The summed E-state index contributed by atoms with van der Waals surface area (Å²) in [6.45, 7) is 4.88. The van der Waals surface area contributed by atoms with E-state index in [2.05, 4.69) is 36.7 Å². The van der Waals surface area contributed by atoms with Gasteiger partial charge in [0.1, 0.15) is 5.75 Å². The summed E-state index contributed by atoms with van der Waals surface area (Å²) in [5.41, 5.74) is 2.02. The Balaban J connectivity index is 2.28. The zero-order chi connectivity index (χ0) is 14.5. The lowest BCUT2D eigenvalue weighted by molar-refractivity contribution is 0.271. The van der Waals surface area contributed by atoms with Gasteiger partial charge < -0.3 is 4.74 Å². The molecule has 2 aromatic rings. The first-order valence-electron chi connectivity index (χ1n) is 6.53. The maximum absolute atomic E-state index is 11.5. The van der Waals surface area contributed by atoms with Gasteiger partial charge in [0.05, 0.1) is 12.3 Å². The predicted octanol–water partition coefficient (Wildman–Crippen LogP) is 2.90. The van der Waals surface area contributed by atoms with E-state index in [9.17, 15) is 4.79 Å². The Morgan fingerprint density at radius 2 is 2.15 bits per heavy atom. The highest BCUT2D eigenvalue weighted by molar-refractivity contribution is 7.79. The molecule has 2 rings (SSSR count). The minimum Gasteiger partial charge on any atom is -0.493 e. The quantitative estimate of drug-likeness (QED) is 0.833. The standard InChI is InChI=1S/C15H18N2O2S/c1-10(2)8-19-13-5-3-4-11(6-13)14-7-12(9-20)15(18)17-16-14/h3-7,10,20H,8-9H2,1-2H3,(H,17,18). The molecule has 1 heterocycles. The number of ether oxygens (including phenoxy) is 1. The summed E-state index contributed by atoms with van der Waals surface area (Å²) in [4.78, 5) is 11.5. The summed E-state index contributed by atoms with van der Waals surface area (Å²) in [7, 11) is 0. The number of nitrogens with one attached hydrogen (secondary N) is 1. The van der Waals surface area contributed by atoms with E-state index >= 15 is 0 Å². The van der Waals surface area contributed by atoms with E-state index in [1.807, 2.05) is 24.3 Å². The maximum atomic E-state index is 11.5. The SMILES string of the molecule is CC(C)COc1cccc(-c2cc(CS)c(=O)[nH]n2)c1. The van der Waals surface area contributed by atoms with Gasteiger partial charge in [0.15, 0.2) is 0 Å². The first-order chi connectivity index (χ1) is 9.60. The third-order valence-corrected chi connectivity index (χ3v) is 3.10. The topological polar surface area (TPSA) is 55.0 Å². The van der Waals surface area contributed by atoms with E-state index < -0.39 is 0 Å². The third kappa shape index (κ3) is 3.63. The van der Waals surface area contributed by atoms with Gasteiger partial charge in [0.25, 0.3) is 5.56 Å². The molecule has 0 saturated carbocycles. The number of hydrogen-bond acceptors (Lipinski definition) is 4. The Morgan fingerprint density at radius 1 is 1.35 bits per heavy atom. The van der Waals surface area contributed by atoms with Crippen LogP contribution in [0.2, 0.25) is 0 Å². The van der Waals surface area contributed by atoms with Crippen molar-refractivity contribution in [1.82, 2.24) is 10.2 Å². The molecule has 106 valence electrons. The van der Waals surface area contributed by atoms with E-state index in [-0.39, 0.29) is 5.56 Å². The summed E-state index contributed by atoms with van der Waals surface area (Å²) < 4.78 is 5.70. The molecule has 0 fully saturated rings. The Hall–Kier alpha value is -1.75. The van der Waals surface area contributed by atoms with Gasteiger partial charge in [-0.3, -0.25) is 4.79 Å². The lowest BCUT2D eigenvalue weighted by Crippen LogP contribution is -2.13. The average molecular weight is 290 g/mol.